The number of para-hydroxylation sites is 1. The Kier molecular flexibility index (Phi) is 6.28. The van der Waals surface area contributed by atoms with Gasteiger partial charge < -0.3 is 9.67 Å². The molecule has 0 bridgehead atoms. The van der Waals surface area contributed by atoms with E-state index in [9.17, 15) is 9.90 Å². The normalized spacial score (nSPS) is 11.6. The van der Waals surface area contributed by atoms with E-state index in [1.807, 2.05) is 39.8 Å². The van der Waals surface area contributed by atoms with Crippen molar-refractivity contribution in [3.63, 3.8) is 0 Å². The van der Waals surface area contributed by atoms with E-state index >= 15 is 0 Å². The molecule has 7 heteroatoms. The van der Waals surface area contributed by atoms with E-state index in [2.05, 4.69) is 48.5 Å². The highest BCUT2D eigenvalue weighted by Crippen LogP contribution is 2.27. The first-order valence-corrected chi connectivity index (χ1v) is 12.8. The van der Waals surface area contributed by atoms with Crippen LogP contribution in [0.4, 0.5) is 0 Å². The van der Waals surface area contributed by atoms with E-state index in [-0.39, 0.29) is 11.0 Å². The fraction of sp³-hybridized carbons (Fsp3) is 0.290. The van der Waals surface area contributed by atoms with Crippen molar-refractivity contribution in [2.45, 2.75) is 54.5 Å². The third-order valence-corrected chi connectivity index (χ3v) is 6.41. The molecule has 0 amide bonds. The summed E-state index contributed by atoms with van der Waals surface area (Å²) in [5.41, 5.74) is 6.82. The second-order valence-corrected chi connectivity index (χ2v) is 10.7. The standard InChI is InChI=1S/C31H31N5O2/c1-7-27-33-28-19(2)16-20(3)32-29(28)35(27)18-21-12-13-24-23(17-21)26(14-15-31(4,5)6)36(34-24)25-11-9-8-10-22(25)30(37)38/h8-13,16-17H,7,18H2,1-6H3,(H,37,38). The molecule has 0 saturated heterocycles. The van der Waals surface area contributed by atoms with Gasteiger partial charge in [0.05, 0.1) is 23.3 Å². The second kappa shape index (κ2) is 9.46. The highest BCUT2D eigenvalue weighted by molar-refractivity contribution is 5.93. The van der Waals surface area contributed by atoms with E-state index in [1.54, 1.807) is 22.9 Å². The maximum absolute atomic E-state index is 12.0. The van der Waals surface area contributed by atoms with Gasteiger partial charge in [-0.15, -0.1) is 0 Å². The highest BCUT2D eigenvalue weighted by Gasteiger charge is 2.19. The number of benzene rings is 2. The zero-order valence-electron chi connectivity index (χ0n) is 22.6. The summed E-state index contributed by atoms with van der Waals surface area (Å²) >= 11 is 0. The Bertz CT molecular complexity index is 1770. The fourth-order valence-electron chi connectivity index (χ4n) is 4.68. The predicted molar refractivity (Wildman–Crippen MR) is 150 cm³/mol. The van der Waals surface area contributed by atoms with Crippen molar-refractivity contribution in [2.75, 3.05) is 0 Å². The number of aromatic carboxylic acids is 1. The van der Waals surface area contributed by atoms with Crippen LogP contribution in [0.15, 0.2) is 48.5 Å². The molecule has 0 radical (unpaired) electrons. The molecule has 3 aromatic heterocycles. The summed E-state index contributed by atoms with van der Waals surface area (Å²) in [5, 5.41) is 15.5. The molecule has 5 rings (SSSR count). The summed E-state index contributed by atoms with van der Waals surface area (Å²) in [6.07, 6.45) is 0.795. The topological polar surface area (TPSA) is 85.8 Å². The van der Waals surface area contributed by atoms with Gasteiger partial charge in [0, 0.05) is 22.9 Å². The van der Waals surface area contributed by atoms with Gasteiger partial charge in [-0.2, -0.15) is 5.10 Å². The number of carboxylic acid groups (broad SMARTS) is 1. The van der Waals surface area contributed by atoms with Crippen LogP contribution in [-0.4, -0.2) is 35.4 Å². The number of carbonyl (C=O) groups is 1. The first kappa shape index (κ1) is 25.2. The Hall–Kier alpha value is -4.44. The summed E-state index contributed by atoms with van der Waals surface area (Å²) in [5.74, 6) is 6.61. The van der Waals surface area contributed by atoms with Gasteiger partial charge in [0.1, 0.15) is 17.0 Å². The highest BCUT2D eigenvalue weighted by atomic mass is 16.4. The number of aryl methyl sites for hydroxylation is 3. The second-order valence-electron chi connectivity index (χ2n) is 10.7. The molecule has 38 heavy (non-hydrogen) atoms. The molecular formula is C31H31N5O2. The quantitative estimate of drug-likeness (QED) is 0.292. The van der Waals surface area contributed by atoms with Crippen LogP contribution in [0.2, 0.25) is 0 Å². The van der Waals surface area contributed by atoms with E-state index in [0.29, 0.717) is 17.9 Å². The van der Waals surface area contributed by atoms with Gasteiger partial charge in [-0.3, -0.25) is 0 Å². The van der Waals surface area contributed by atoms with Crippen molar-refractivity contribution >= 4 is 28.0 Å². The van der Waals surface area contributed by atoms with Crippen LogP contribution in [-0.2, 0) is 13.0 Å². The molecule has 0 fully saturated rings. The maximum Gasteiger partial charge on any atom is 0.337 e. The molecule has 0 aliphatic rings. The van der Waals surface area contributed by atoms with Crippen LogP contribution in [0.1, 0.15) is 66.4 Å². The van der Waals surface area contributed by atoms with Gasteiger partial charge in [-0.25, -0.2) is 19.4 Å². The number of hydrogen-bond donors (Lipinski definition) is 1. The first-order chi connectivity index (χ1) is 18.1. The van der Waals surface area contributed by atoms with Gasteiger partial charge in [-0.1, -0.05) is 31.0 Å². The summed E-state index contributed by atoms with van der Waals surface area (Å²) in [6.45, 7) is 12.9. The lowest BCUT2D eigenvalue weighted by atomic mass is 9.97. The number of rotatable bonds is 5. The van der Waals surface area contributed by atoms with E-state index in [1.165, 1.54) is 0 Å². The van der Waals surface area contributed by atoms with E-state index in [0.717, 1.165) is 51.1 Å². The van der Waals surface area contributed by atoms with Gasteiger partial charge >= 0.3 is 5.97 Å². The van der Waals surface area contributed by atoms with Gasteiger partial charge in [0.15, 0.2) is 5.65 Å². The van der Waals surface area contributed by atoms with Crippen LogP contribution < -0.4 is 0 Å². The van der Waals surface area contributed by atoms with Crippen LogP contribution in [0.5, 0.6) is 0 Å². The Morgan fingerprint density at radius 3 is 2.53 bits per heavy atom. The number of nitrogens with zero attached hydrogens (tertiary/aromatic N) is 5. The van der Waals surface area contributed by atoms with Crippen molar-refractivity contribution in [1.82, 2.24) is 24.3 Å². The summed E-state index contributed by atoms with van der Waals surface area (Å²) in [4.78, 5) is 21.7. The molecule has 0 aliphatic carbocycles. The Labute approximate surface area is 222 Å². The van der Waals surface area contributed by atoms with Crippen LogP contribution in [0.3, 0.4) is 0 Å². The van der Waals surface area contributed by atoms with Gasteiger partial charge in [-0.05, 0) is 82.0 Å². The monoisotopic (exact) mass is 505 g/mol. The lowest BCUT2D eigenvalue weighted by Gasteiger charge is -2.10. The van der Waals surface area contributed by atoms with Crippen LogP contribution in [0.25, 0.3) is 27.8 Å². The molecule has 0 unspecified atom stereocenters. The van der Waals surface area contributed by atoms with Crippen molar-refractivity contribution in [3.05, 3.63) is 82.4 Å². The lowest BCUT2D eigenvalue weighted by Crippen LogP contribution is -2.08. The van der Waals surface area contributed by atoms with Crippen LogP contribution >= 0.6 is 0 Å². The molecule has 0 saturated carbocycles. The number of imidazole rings is 1. The molecule has 5 aromatic rings. The average molecular weight is 506 g/mol. The van der Waals surface area contributed by atoms with Crippen molar-refractivity contribution in [1.29, 1.82) is 0 Å². The van der Waals surface area contributed by atoms with E-state index < -0.39 is 5.97 Å². The van der Waals surface area contributed by atoms with E-state index in [4.69, 9.17) is 15.1 Å². The fourth-order valence-corrected chi connectivity index (χ4v) is 4.68. The molecule has 0 aliphatic heterocycles. The summed E-state index contributed by atoms with van der Waals surface area (Å²) in [7, 11) is 0. The maximum atomic E-state index is 12.0. The average Bonchev–Trinajstić information content (AvgIpc) is 3.40. The van der Waals surface area contributed by atoms with Crippen LogP contribution in [0, 0.1) is 31.1 Å². The number of hydrogen-bond acceptors (Lipinski definition) is 4. The summed E-state index contributed by atoms with van der Waals surface area (Å²) in [6, 6.07) is 15.1. The molecule has 0 spiro atoms. The Balaban J connectivity index is 1.70. The van der Waals surface area contributed by atoms with Gasteiger partial charge in [0.25, 0.3) is 0 Å². The molecule has 3 heterocycles. The van der Waals surface area contributed by atoms with Crippen molar-refractivity contribution < 1.29 is 9.90 Å². The Morgan fingerprint density at radius 2 is 1.82 bits per heavy atom. The number of carboxylic acids is 1. The number of fused-ring (bicyclic) bond motifs is 2. The first-order valence-electron chi connectivity index (χ1n) is 12.8. The van der Waals surface area contributed by atoms with Crippen molar-refractivity contribution in [3.8, 4) is 17.5 Å². The summed E-state index contributed by atoms with van der Waals surface area (Å²) < 4.78 is 3.84. The largest absolute Gasteiger partial charge is 0.478 e. The minimum absolute atomic E-state index is 0.175. The Morgan fingerprint density at radius 1 is 1.05 bits per heavy atom. The van der Waals surface area contributed by atoms with Gasteiger partial charge in [0.2, 0.25) is 0 Å². The molecule has 7 nitrogen and oxygen atoms in total. The zero-order chi connectivity index (χ0) is 27.2. The van der Waals surface area contributed by atoms with Crippen molar-refractivity contribution in [2.24, 2.45) is 5.41 Å². The molecule has 1 N–H and O–H groups in total. The SMILES string of the molecule is CCc1nc2c(C)cc(C)nc2n1Cc1ccc2nn(-c3ccccc3C(=O)O)c(C#CC(C)(C)C)c2c1. The molecular weight excluding hydrogens is 474 g/mol. The lowest BCUT2D eigenvalue weighted by molar-refractivity contribution is 0.0696. The predicted octanol–water partition coefficient (Wildman–Crippen LogP) is 6.09. The zero-order valence-corrected chi connectivity index (χ0v) is 22.6. The minimum Gasteiger partial charge on any atom is -0.478 e. The third kappa shape index (κ3) is 4.66. The molecule has 192 valence electrons. The third-order valence-electron chi connectivity index (χ3n) is 6.41. The molecule has 2 aromatic carbocycles. The smallest absolute Gasteiger partial charge is 0.337 e. The number of pyridine rings is 1. The minimum atomic E-state index is -1.01. The number of aromatic nitrogens is 5. The molecule has 0 atom stereocenters.